The van der Waals surface area contributed by atoms with E-state index in [0.29, 0.717) is 0 Å². The molecule has 2 heteroatoms. The van der Waals surface area contributed by atoms with Crippen LogP contribution in [-0.2, 0) is 5.41 Å². The van der Waals surface area contributed by atoms with E-state index in [4.69, 9.17) is 11.6 Å². The van der Waals surface area contributed by atoms with Gasteiger partial charge in [0.2, 0.25) is 0 Å². The minimum atomic E-state index is 0.117. The molecular weight excluding hydrogens is 206 g/mol. The van der Waals surface area contributed by atoms with Crippen molar-refractivity contribution in [1.29, 1.82) is 0 Å². The molecule has 0 radical (unpaired) electrons. The molecule has 1 heterocycles. The Labute approximate surface area is 95.1 Å². The number of nitrogens with zero attached hydrogens (tertiary/aromatic N) is 1. The highest BCUT2D eigenvalue weighted by atomic mass is 35.5. The number of pyridine rings is 1. The largest absolute Gasteiger partial charge is 0.256 e. The van der Waals surface area contributed by atoms with Crippen molar-refractivity contribution < 1.29 is 0 Å². The highest BCUT2D eigenvalue weighted by Gasteiger charge is 2.16. The van der Waals surface area contributed by atoms with Gasteiger partial charge in [-0.3, -0.25) is 4.98 Å². The fourth-order valence-electron chi connectivity index (χ4n) is 1.77. The zero-order valence-electron chi connectivity index (χ0n) is 9.21. The molecule has 15 heavy (non-hydrogen) atoms. The lowest BCUT2D eigenvalue weighted by Crippen LogP contribution is -2.11. The average molecular weight is 220 g/mol. The van der Waals surface area contributed by atoms with Crippen molar-refractivity contribution in [2.24, 2.45) is 0 Å². The van der Waals surface area contributed by atoms with Crippen LogP contribution in [0.5, 0.6) is 0 Å². The van der Waals surface area contributed by atoms with Gasteiger partial charge in [0.1, 0.15) is 0 Å². The maximum Gasteiger partial charge on any atom is 0.0705 e. The number of hydrogen-bond acceptors (Lipinski definition) is 1. The van der Waals surface area contributed by atoms with Gasteiger partial charge in [-0.25, -0.2) is 0 Å². The first-order valence-corrected chi connectivity index (χ1v) is 5.41. The summed E-state index contributed by atoms with van der Waals surface area (Å²) in [4.78, 5) is 4.34. The molecule has 0 unspecified atom stereocenters. The second kappa shape index (κ2) is 3.49. The molecule has 78 valence electrons. The number of rotatable bonds is 0. The monoisotopic (exact) mass is 219 g/mol. The zero-order valence-corrected chi connectivity index (χ0v) is 9.97. The Morgan fingerprint density at radius 2 is 1.87 bits per heavy atom. The molecule has 1 aromatic carbocycles. The van der Waals surface area contributed by atoms with E-state index in [2.05, 4.69) is 31.8 Å². The second-order valence-electron chi connectivity index (χ2n) is 4.77. The number of hydrogen-bond donors (Lipinski definition) is 0. The predicted molar refractivity (Wildman–Crippen MR) is 65.5 cm³/mol. The summed E-state index contributed by atoms with van der Waals surface area (Å²) in [6, 6.07) is 7.90. The molecule has 0 aliphatic rings. The smallest absolute Gasteiger partial charge is 0.0705 e. The molecule has 0 fully saturated rings. The summed E-state index contributed by atoms with van der Waals surface area (Å²) >= 11 is 6.01. The first-order chi connectivity index (χ1) is 6.98. The van der Waals surface area contributed by atoms with E-state index in [-0.39, 0.29) is 5.41 Å². The molecular formula is C13H14ClN. The van der Waals surface area contributed by atoms with Crippen LogP contribution < -0.4 is 0 Å². The molecule has 2 rings (SSSR count). The van der Waals surface area contributed by atoms with E-state index in [9.17, 15) is 0 Å². The number of halogens is 1. The lowest BCUT2D eigenvalue weighted by molar-refractivity contribution is 0.595. The van der Waals surface area contributed by atoms with Crippen molar-refractivity contribution >= 4 is 22.5 Å². The Hall–Kier alpha value is -1.08. The summed E-state index contributed by atoms with van der Waals surface area (Å²) in [5, 5.41) is 1.92. The fourth-order valence-corrected chi connectivity index (χ4v) is 1.94. The van der Waals surface area contributed by atoms with Crippen LogP contribution in [0.4, 0.5) is 0 Å². The molecule has 0 bridgehead atoms. The number of fused-ring (bicyclic) bond motifs is 1. The van der Waals surface area contributed by atoms with Crippen LogP contribution in [0.1, 0.15) is 26.3 Å². The maximum absolute atomic E-state index is 6.01. The maximum atomic E-state index is 6.01. The zero-order chi connectivity index (χ0) is 11.1. The third-order valence-corrected chi connectivity index (χ3v) is 2.75. The standard InChI is InChI=1S/C13H14ClN/c1-13(2,3)11-6-7-15-12-5-4-9(14)8-10(11)12/h4-8H,1-3H3. The van der Waals surface area contributed by atoms with E-state index in [1.165, 1.54) is 5.56 Å². The van der Waals surface area contributed by atoms with Crippen LogP contribution >= 0.6 is 11.6 Å². The molecule has 0 spiro atoms. The Morgan fingerprint density at radius 1 is 1.13 bits per heavy atom. The summed E-state index contributed by atoms with van der Waals surface area (Å²) in [6.07, 6.45) is 1.86. The van der Waals surface area contributed by atoms with Gasteiger partial charge >= 0.3 is 0 Å². The SMILES string of the molecule is CC(C)(C)c1ccnc2ccc(Cl)cc12. The van der Waals surface area contributed by atoms with E-state index < -0.39 is 0 Å². The van der Waals surface area contributed by atoms with Crippen LogP contribution in [0, 0.1) is 0 Å². The summed E-state index contributed by atoms with van der Waals surface area (Å²) in [5.74, 6) is 0. The van der Waals surface area contributed by atoms with Gasteiger partial charge in [-0.15, -0.1) is 0 Å². The quantitative estimate of drug-likeness (QED) is 0.648. The first kappa shape index (κ1) is 10.4. The van der Waals surface area contributed by atoms with Gasteiger partial charge in [0.05, 0.1) is 5.52 Å². The lowest BCUT2D eigenvalue weighted by atomic mass is 9.85. The van der Waals surface area contributed by atoms with Crippen LogP contribution in [-0.4, -0.2) is 4.98 Å². The Morgan fingerprint density at radius 3 is 2.53 bits per heavy atom. The first-order valence-electron chi connectivity index (χ1n) is 5.03. The van der Waals surface area contributed by atoms with E-state index in [1.807, 2.05) is 24.4 Å². The summed E-state index contributed by atoms with van der Waals surface area (Å²) < 4.78 is 0. The molecule has 0 saturated heterocycles. The predicted octanol–water partition coefficient (Wildman–Crippen LogP) is 4.19. The molecule has 0 amide bonds. The lowest BCUT2D eigenvalue weighted by Gasteiger charge is -2.20. The van der Waals surface area contributed by atoms with Crippen LogP contribution in [0.3, 0.4) is 0 Å². The van der Waals surface area contributed by atoms with Crippen molar-refractivity contribution in [2.75, 3.05) is 0 Å². The Balaban J connectivity index is 2.80. The van der Waals surface area contributed by atoms with E-state index in [1.54, 1.807) is 0 Å². The minimum Gasteiger partial charge on any atom is -0.256 e. The molecule has 0 aliphatic heterocycles. The van der Waals surface area contributed by atoms with Crippen molar-refractivity contribution in [3.8, 4) is 0 Å². The number of benzene rings is 1. The molecule has 0 atom stereocenters. The van der Waals surface area contributed by atoms with Crippen molar-refractivity contribution in [3.63, 3.8) is 0 Å². The fraction of sp³-hybridized carbons (Fsp3) is 0.308. The van der Waals surface area contributed by atoms with Crippen molar-refractivity contribution in [2.45, 2.75) is 26.2 Å². The number of aromatic nitrogens is 1. The third kappa shape index (κ3) is 1.98. The second-order valence-corrected chi connectivity index (χ2v) is 5.21. The Kier molecular flexibility index (Phi) is 2.43. The highest BCUT2D eigenvalue weighted by molar-refractivity contribution is 6.31. The average Bonchev–Trinajstić information content (AvgIpc) is 2.15. The van der Waals surface area contributed by atoms with Crippen LogP contribution in [0.15, 0.2) is 30.5 Å². The van der Waals surface area contributed by atoms with Crippen LogP contribution in [0.2, 0.25) is 5.02 Å². The summed E-state index contributed by atoms with van der Waals surface area (Å²) in [6.45, 7) is 6.59. The van der Waals surface area contributed by atoms with Gasteiger partial charge in [-0.05, 0) is 35.2 Å². The van der Waals surface area contributed by atoms with Gasteiger partial charge in [-0.2, -0.15) is 0 Å². The van der Waals surface area contributed by atoms with E-state index in [0.717, 1.165) is 15.9 Å². The van der Waals surface area contributed by atoms with Crippen LogP contribution in [0.25, 0.3) is 10.9 Å². The van der Waals surface area contributed by atoms with Crippen molar-refractivity contribution in [1.82, 2.24) is 4.98 Å². The summed E-state index contributed by atoms with van der Waals surface area (Å²) in [5.41, 5.74) is 2.41. The topological polar surface area (TPSA) is 12.9 Å². The summed E-state index contributed by atoms with van der Waals surface area (Å²) in [7, 11) is 0. The highest BCUT2D eigenvalue weighted by Crippen LogP contribution is 2.30. The molecule has 0 saturated carbocycles. The molecule has 1 nitrogen and oxygen atoms in total. The van der Waals surface area contributed by atoms with Gasteiger partial charge in [-0.1, -0.05) is 32.4 Å². The molecule has 0 aliphatic carbocycles. The van der Waals surface area contributed by atoms with E-state index >= 15 is 0 Å². The van der Waals surface area contributed by atoms with Gasteiger partial charge in [0.15, 0.2) is 0 Å². The van der Waals surface area contributed by atoms with Gasteiger partial charge in [0, 0.05) is 16.6 Å². The van der Waals surface area contributed by atoms with Crippen molar-refractivity contribution in [3.05, 3.63) is 41.0 Å². The van der Waals surface area contributed by atoms with Gasteiger partial charge in [0.25, 0.3) is 0 Å². The molecule has 1 aromatic heterocycles. The minimum absolute atomic E-state index is 0.117. The third-order valence-electron chi connectivity index (χ3n) is 2.51. The Bertz CT molecular complexity index is 497. The van der Waals surface area contributed by atoms with Gasteiger partial charge < -0.3 is 0 Å². The molecule has 2 aromatic rings. The molecule has 0 N–H and O–H groups in total. The normalized spacial score (nSPS) is 12.0.